The summed E-state index contributed by atoms with van der Waals surface area (Å²) >= 11 is 0. The number of halogens is 1. The van der Waals surface area contributed by atoms with E-state index in [0.717, 1.165) is 30.4 Å². The van der Waals surface area contributed by atoms with Crippen LogP contribution in [0.15, 0.2) is 36.4 Å². The number of aryl methyl sites for hydroxylation is 1. The predicted molar refractivity (Wildman–Crippen MR) is 68.6 cm³/mol. The summed E-state index contributed by atoms with van der Waals surface area (Å²) in [5.74, 6) is -0.246. The summed E-state index contributed by atoms with van der Waals surface area (Å²) < 4.78 is 13.0. The van der Waals surface area contributed by atoms with E-state index in [1.165, 1.54) is 23.3 Å². The van der Waals surface area contributed by atoms with Gasteiger partial charge in [0.2, 0.25) is 0 Å². The summed E-state index contributed by atoms with van der Waals surface area (Å²) in [5, 5.41) is 9.24. The zero-order valence-corrected chi connectivity index (χ0v) is 9.91. The third-order valence-electron chi connectivity index (χ3n) is 3.54. The molecule has 0 saturated heterocycles. The van der Waals surface area contributed by atoms with E-state index in [9.17, 15) is 9.65 Å². The van der Waals surface area contributed by atoms with Crippen molar-refractivity contribution in [2.45, 2.75) is 19.3 Å². The van der Waals surface area contributed by atoms with Crippen LogP contribution >= 0.6 is 0 Å². The smallest absolute Gasteiger partial charge is 0.123 e. The lowest BCUT2D eigenvalue weighted by molar-refractivity contribution is 0.628. The first kappa shape index (κ1) is 11.0. The average Bonchev–Trinajstić information content (AvgIpc) is 2.87. The van der Waals surface area contributed by atoms with E-state index in [1.54, 1.807) is 12.1 Å². The maximum absolute atomic E-state index is 13.0. The fourth-order valence-corrected chi connectivity index (χ4v) is 2.71. The van der Waals surface area contributed by atoms with Crippen LogP contribution in [-0.2, 0) is 12.8 Å². The van der Waals surface area contributed by atoms with E-state index in [4.69, 9.17) is 0 Å². The first-order chi connectivity index (χ1) is 8.79. The summed E-state index contributed by atoms with van der Waals surface area (Å²) in [4.78, 5) is 0. The van der Waals surface area contributed by atoms with Gasteiger partial charge in [0.1, 0.15) is 5.82 Å². The van der Waals surface area contributed by atoms with Crippen LogP contribution in [0.5, 0.6) is 0 Å². The summed E-state index contributed by atoms with van der Waals surface area (Å²) in [5.41, 5.74) is 5.20. The van der Waals surface area contributed by atoms with Crippen molar-refractivity contribution in [1.82, 2.24) is 0 Å². The van der Waals surface area contributed by atoms with Gasteiger partial charge in [0.05, 0.1) is 11.6 Å². The molecule has 0 unspecified atom stereocenters. The van der Waals surface area contributed by atoms with Crippen molar-refractivity contribution in [1.29, 1.82) is 5.26 Å². The molecule has 0 aliphatic heterocycles. The highest BCUT2D eigenvalue weighted by Gasteiger charge is 2.18. The Morgan fingerprint density at radius 3 is 2.50 bits per heavy atom. The molecule has 1 aliphatic rings. The second-order valence-corrected chi connectivity index (χ2v) is 4.60. The quantitative estimate of drug-likeness (QED) is 0.739. The topological polar surface area (TPSA) is 23.8 Å². The molecule has 2 aromatic carbocycles. The molecule has 0 amide bonds. The zero-order valence-electron chi connectivity index (χ0n) is 9.91. The summed E-state index contributed by atoms with van der Waals surface area (Å²) in [6, 6.07) is 12.6. The summed E-state index contributed by atoms with van der Waals surface area (Å²) in [6.07, 6.45) is 3.23. The standard InChI is InChI=1S/C16H12FN/c17-14-8-6-12(7-9-14)16-13(10-18)5-4-11-2-1-3-15(11)16/h4-9H,1-3H2. The first-order valence-corrected chi connectivity index (χ1v) is 6.10. The minimum atomic E-state index is -0.246. The molecule has 0 N–H and O–H groups in total. The van der Waals surface area contributed by atoms with Crippen LogP contribution in [0, 0.1) is 17.1 Å². The molecule has 18 heavy (non-hydrogen) atoms. The molecule has 1 nitrogen and oxygen atoms in total. The van der Waals surface area contributed by atoms with Gasteiger partial charge >= 0.3 is 0 Å². The lowest BCUT2D eigenvalue weighted by atomic mass is 9.92. The molecule has 88 valence electrons. The molecule has 0 atom stereocenters. The van der Waals surface area contributed by atoms with Crippen LogP contribution in [0.4, 0.5) is 4.39 Å². The third kappa shape index (κ3) is 1.69. The van der Waals surface area contributed by atoms with Crippen molar-refractivity contribution in [2.24, 2.45) is 0 Å². The van der Waals surface area contributed by atoms with E-state index in [2.05, 4.69) is 6.07 Å². The molecule has 0 spiro atoms. The van der Waals surface area contributed by atoms with Crippen LogP contribution in [0.3, 0.4) is 0 Å². The Labute approximate surface area is 106 Å². The van der Waals surface area contributed by atoms with Gasteiger partial charge in [0.25, 0.3) is 0 Å². The largest absolute Gasteiger partial charge is 0.207 e. The molecular formula is C16H12FN. The van der Waals surface area contributed by atoms with Crippen LogP contribution in [0.2, 0.25) is 0 Å². The number of rotatable bonds is 1. The highest BCUT2D eigenvalue weighted by atomic mass is 19.1. The van der Waals surface area contributed by atoms with E-state index in [0.29, 0.717) is 5.56 Å². The SMILES string of the molecule is N#Cc1ccc2c(c1-c1ccc(F)cc1)CCC2. The molecule has 0 heterocycles. The van der Waals surface area contributed by atoms with Crippen LogP contribution < -0.4 is 0 Å². The van der Waals surface area contributed by atoms with E-state index in [1.807, 2.05) is 12.1 Å². The Hall–Kier alpha value is -2.14. The molecule has 3 rings (SSSR count). The summed E-state index contributed by atoms with van der Waals surface area (Å²) in [7, 11) is 0. The molecule has 1 aliphatic carbocycles. The maximum atomic E-state index is 13.0. The van der Waals surface area contributed by atoms with Crippen molar-refractivity contribution in [2.75, 3.05) is 0 Å². The Morgan fingerprint density at radius 2 is 1.78 bits per heavy atom. The molecule has 0 radical (unpaired) electrons. The minimum Gasteiger partial charge on any atom is -0.207 e. The fourth-order valence-electron chi connectivity index (χ4n) is 2.71. The van der Waals surface area contributed by atoms with E-state index in [-0.39, 0.29) is 5.82 Å². The fraction of sp³-hybridized carbons (Fsp3) is 0.188. The van der Waals surface area contributed by atoms with E-state index < -0.39 is 0 Å². The van der Waals surface area contributed by atoms with Crippen molar-refractivity contribution < 1.29 is 4.39 Å². The molecular weight excluding hydrogens is 225 g/mol. The molecule has 0 fully saturated rings. The Kier molecular flexibility index (Phi) is 2.60. The van der Waals surface area contributed by atoms with Gasteiger partial charge in [-0.15, -0.1) is 0 Å². The van der Waals surface area contributed by atoms with Gasteiger partial charge in [-0.3, -0.25) is 0 Å². The molecule has 2 aromatic rings. The highest BCUT2D eigenvalue weighted by Crippen LogP contribution is 2.35. The molecule has 0 saturated carbocycles. The van der Waals surface area contributed by atoms with Gasteiger partial charge in [-0.1, -0.05) is 18.2 Å². The number of hydrogen-bond donors (Lipinski definition) is 0. The highest BCUT2D eigenvalue weighted by molar-refractivity contribution is 5.75. The first-order valence-electron chi connectivity index (χ1n) is 6.10. The number of nitrogens with zero attached hydrogens (tertiary/aromatic N) is 1. The Balaban J connectivity index is 2.25. The Bertz CT molecular complexity index is 635. The van der Waals surface area contributed by atoms with Crippen LogP contribution in [0.25, 0.3) is 11.1 Å². The number of nitriles is 1. The Morgan fingerprint density at radius 1 is 1.00 bits per heavy atom. The van der Waals surface area contributed by atoms with Gasteiger partial charge < -0.3 is 0 Å². The predicted octanol–water partition coefficient (Wildman–Crippen LogP) is 3.85. The molecule has 2 heteroatoms. The van der Waals surface area contributed by atoms with Gasteiger partial charge in [-0.2, -0.15) is 5.26 Å². The summed E-state index contributed by atoms with van der Waals surface area (Å²) in [6.45, 7) is 0. The van der Waals surface area contributed by atoms with Gasteiger partial charge in [0.15, 0.2) is 0 Å². The van der Waals surface area contributed by atoms with Gasteiger partial charge in [0, 0.05) is 5.56 Å². The average molecular weight is 237 g/mol. The number of benzene rings is 2. The van der Waals surface area contributed by atoms with Crippen LogP contribution in [-0.4, -0.2) is 0 Å². The van der Waals surface area contributed by atoms with Crippen LogP contribution in [0.1, 0.15) is 23.1 Å². The van der Waals surface area contributed by atoms with Crippen molar-refractivity contribution in [3.63, 3.8) is 0 Å². The normalized spacial score (nSPS) is 13.1. The number of fused-ring (bicyclic) bond motifs is 1. The van der Waals surface area contributed by atoms with Crippen molar-refractivity contribution in [3.8, 4) is 17.2 Å². The third-order valence-corrected chi connectivity index (χ3v) is 3.54. The van der Waals surface area contributed by atoms with Gasteiger partial charge in [-0.05, 0) is 54.2 Å². The lowest BCUT2D eigenvalue weighted by Gasteiger charge is -2.11. The lowest BCUT2D eigenvalue weighted by Crippen LogP contribution is -1.93. The van der Waals surface area contributed by atoms with Crippen molar-refractivity contribution in [3.05, 3.63) is 58.9 Å². The van der Waals surface area contributed by atoms with E-state index >= 15 is 0 Å². The van der Waals surface area contributed by atoms with Crippen molar-refractivity contribution >= 4 is 0 Å². The maximum Gasteiger partial charge on any atom is 0.123 e. The zero-order chi connectivity index (χ0) is 12.5. The second-order valence-electron chi connectivity index (χ2n) is 4.60. The monoisotopic (exact) mass is 237 g/mol. The second kappa shape index (κ2) is 4.27. The molecule has 0 aromatic heterocycles. The van der Waals surface area contributed by atoms with Gasteiger partial charge in [-0.25, -0.2) is 4.39 Å². The number of hydrogen-bond acceptors (Lipinski definition) is 1. The minimum absolute atomic E-state index is 0.246. The molecule has 0 bridgehead atoms.